The Balaban J connectivity index is 1.68. The van der Waals surface area contributed by atoms with Gasteiger partial charge in [-0.2, -0.15) is 5.10 Å². The topological polar surface area (TPSA) is 59.8 Å². The molecule has 1 N–H and O–H groups in total. The van der Waals surface area contributed by atoms with Crippen LogP contribution in [0, 0.1) is 6.92 Å². The second kappa shape index (κ2) is 6.22. The largest absolute Gasteiger partial charge is 0.318 e. The number of aryl methyl sites for hydroxylation is 1. The minimum Gasteiger partial charge on any atom is -0.318 e. The maximum atomic E-state index is 12.0. The standard InChI is InChI=1S/C17H16N4O/c1-13-5-4-6-14(9-13)11-21-12-15(10-19-21)20-17(22)16-7-2-3-8-18-16/h2-10,12H,11H2,1H3,(H,20,22). The van der Waals surface area contributed by atoms with Gasteiger partial charge >= 0.3 is 0 Å². The van der Waals surface area contributed by atoms with Gasteiger partial charge in [-0.25, -0.2) is 0 Å². The molecule has 0 saturated carbocycles. The fourth-order valence-corrected chi connectivity index (χ4v) is 2.20. The average molecular weight is 292 g/mol. The third-order valence-electron chi connectivity index (χ3n) is 3.22. The first-order chi connectivity index (χ1) is 10.7. The fourth-order valence-electron chi connectivity index (χ4n) is 2.20. The van der Waals surface area contributed by atoms with E-state index in [2.05, 4.69) is 40.5 Å². The third-order valence-corrected chi connectivity index (χ3v) is 3.22. The number of nitrogens with zero attached hydrogens (tertiary/aromatic N) is 3. The van der Waals surface area contributed by atoms with Gasteiger partial charge in [-0.3, -0.25) is 14.5 Å². The van der Waals surface area contributed by atoms with Crippen LogP contribution in [0.1, 0.15) is 21.6 Å². The van der Waals surface area contributed by atoms with Gasteiger partial charge in [0.1, 0.15) is 5.69 Å². The molecule has 0 aliphatic rings. The smallest absolute Gasteiger partial charge is 0.274 e. The van der Waals surface area contributed by atoms with Gasteiger partial charge in [-0.05, 0) is 24.6 Å². The first-order valence-corrected chi connectivity index (χ1v) is 7.01. The summed E-state index contributed by atoms with van der Waals surface area (Å²) in [7, 11) is 0. The summed E-state index contributed by atoms with van der Waals surface area (Å²) in [6.07, 6.45) is 5.04. The van der Waals surface area contributed by atoms with Crippen LogP contribution in [0.4, 0.5) is 5.69 Å². The Morgan fingerprint density at radius 1 is 1.23 bits per heavy atom. The van der Waals surface area contributed by atoms with E-state index in [0.717, 1.165) is 0 Å². The second-order valence-electron chi connectivity index (χ2n) is 5.08. The second-order valence-corrected chi connectivity index (χ2v) is 5.08. The van der Waals surface area contributed by atoms with E-state index in [9.17, 15) is 4.79 Å². The number of rotatable bonds is 4. The van der Waals surface area contributed by atoms with E-state index in [1.165, 1.54) is 11.1 Å². The van der Waals surface area contributed by atoms with E-state index in [1.54, 1.807) is 35.3 Å². The molecule has 0 saturated heterocycles. The molecule has 0 spiro atoms. The van der Waals surface area contributed by atoms with Crippen LogP contribution in [0.15, 0.2) is 61.1 Å². The Kier molecular flexibility index (Phi) is 3.96. The molecule has 3 rings (SSSR count). The van der Waals surface area contributed by atoms with E-state index in [-0.39, 0.29) is 5.91 Å². The maximum absolute atomic E-state index is 12.0. The van der Waals surface area contributed by atoms with Crippen LogP contribution in [0.2, 0.25) is 0 Å². The van der Waals surface area contributed by atoms with Crippen molar-refractivity contribution in [2.45, 2.75) is 13.5 Å². The number of anilines is 1. The Morgan fingerprint density at radius 2 is 2.14 bits per heavy atom. The van der Waals surface area contributed by atoms with Crippen LogP contribution in [-0.4, -0.2) is 20.7 Å². The van der Waals surface area contributed by atoms with E-state index >= 15 is 0 Å². The third kappa shape index (κ3) is 3.38. The van der Waals surface area contributed by atoms with Crippen molar-refractivity contribution in [3.63, 3.8) is 0 Å². The molecule has 0 radical (unpaired) electrons. The zero-order chi connectivity index (χ0) is 15.4. The summed E-state index contributed by atoms with van der Waals surface area (Å²) in [6, 6.07) is 13.5. The minimum atomic E-state index is -0.240. The van der Waals surface area contributed by atoms with Gasteiger partial charge in [0.25, 0.3) is 5.91 Å². The highest BCUT2D eigenvalue weighted by atomic mass is 16.1. The number of amides is 1. The van der Waals surface area contributed by atoms with Crippen molar-refractivity contribution in [3.8, 4) is 0 Å². The molecule has 0 fully saturated rings. The molecule has 5 heteroatoms. The Labute approximate surface area is 128 Å². The number of benzene rings is 1. The summed E-state index contributed by atoms with van der Waals surface area (Å²) in [5.41, 5.74) is 3.43. The molecule has 1 amide bonds. The highest BCUT2D eigenvalue weighted by Crippen LogP contribution is 2.10. The van der Waals surface area contributed by atoms with Gasteiger partial charge < -0.3 is 5.32 Å². The van der Waals surface area contributed by atoms with Crippen LogP contribution < -0.4 is 5.32 Å². The molecule has 22 heavy (non-hydrogen) atoms. The van der Waals surface area contributed by atoms with Crippen LogP contribution in [0.5, 0.6) is 0 Å². The normalized spacial score (nSPS) is 10.4. The van der Waals surface area contributed by atoms with Gasteiger partial charge in [0.2, 0.25) is 0 Å². The number of hydrogen-bond acceptors (Lipinski definition) is 3. The van der Waals surface area contributed by atoms with Gasteiger partial charge in [-0.1, -0.05) is 35.9 Å². The van der Waals surface area contributed by atoms with Gasteiger partial charge in [-0.15, -0.1) is 0 Å². The molecule has 0 bridgehead atoms. The minimum absolute atomic E-state index is 0.240. The van der Waals surface area contributed by atoms with Crippen molar-refractivity contribution in [3.05, 3.63) is 77.9 Å². The molecule has 0 aliphatic carbocycles. The number of pyridine rings is 1. The van der Waals surface area contributed by atoms with E-state index in [4.69, 9.17) is 0 Å². The summed E-state index contributed by atoms with van der Waals surface area (Å²) in [6.45, 7) is 2.73. The van der Waals surface area contributed by atoms with E-state index in [0.29, 0.717) is 17.9 Å². The monoisotopic (exact) mass is 292 g/mol. The van der Waals surface area contributed by atoms with Crippen molar-refractivity contribution in [1.82, 2.24) is 14.8 Å². The molecule has 0 atom stereocenters. The maximum Gasteiger partial charge on any atom is 0.274 e. The van der Waals surface area contributed by atoms with Crippen molar-refractivity contribution >= 4 is 11.6 Å². The lowest BCUT2D eigenvalue weighted by Gasteiger charge is -2.03. The molecule has 2 heterocycles. The van der Waals surface area contributed by atoms with Crippen LogP contribution >= 0.6 is 0 Å². The highest BCUT2D eigenvalue weighted by Gasteiger charge is 2.08. The zero-order valence-electron chi connectivity index (χ0n) is 12.2. The van der Waals surface area contributed by atoms with E-state index in [1.807, 2.05) is 12.3 Å². The van der Waals surface area contributed by atoms with Crippen molar-refractivity contribution in [2.75, 3.05) is 5.32 Å². The first-order valence-electron chi connectivity index (χ1n) is 7.01. The van der Waals surface area contributed by atoms with Crippen molar-refractivity contribution < 1.29 is 4.79 Å². The summed E-state index contributed by atoms with van der Waals surface area (Å²) in [5.74, 6) is -0.240. The van der Waals surface area contributed by atoms with Gasteiger partial charge in [0.05, 0.1) is 18.4 Å². The number of hydrogen-bond donors (Lipinski definition) is 1. The quantitative estimate of drug-likeness (QED) is 0.804. The van der Waals surface area contributed by atoms with Crippen LogP contribution in [0.25, 0.3) is 0 Å². The van der Waals surface area contributed by atoms with Crippen molar-refractivity contribution in [1.29, 1.82) is 0 Å². The SMILES string of the molecule is Cc1cccc(Cn2cc(NC(=O)c3ccccn3)cn2)c1. The molecule has 1 aromatic carbocycles. The Morgan fingerprint density at radius 3 is 2.91 bits per heavy atom. The Hall–Kier alpha value is -2.95. The van der Waals surface area contributed by atoms with Crippen LogP contribution in [-0.2, 0) is 6.54 Å². The summed E-state index contributed by atoms with van der Waals surface area (Å²) >= 11 is 0. The number of carbonyl (C=O) groups excluding carboxylic acids is 1. The molecule has 0 unspecified atom stereocenters. The molecule has 0 aliphatic heterocycles. The lowest BCUT2D eigenvalue weighted by atomic mass is 10.1. The highest BCUT2D eigenvalue weighted by molar-refractivity contribution is 6.02. The first kappa shape index (κ1) is 14.0. The average Bonchev–Trinajstić information content (AvgIpc) is 2.95. The molecular weight excluding hydrogens is 276 g/mol. The predicted octanol–water partition coefficient (Wildman–Crippen LogP) is 2.89. The summed E-state index contributed by atoms with van der Waals surface area (Å²) < 4.78 is 1.79. The van der Waals surface area contributed by atoms with E-state index < -0.39 is 0 Å². The van der Waals surface area contributed by atoms with Crippen molar-refractivity contribution in [2.24, 2.45) is 0 Å². The molecule has 3 aromatic rings. The molecular formula is C17H16N4O. The summed E-state index contributed by atoms with van der Waals surface area (Å²) in [5, 5.41) is 7.06. The van der Waals surface area contributed by atoms with Gasteiger partial charge in [0, 0.05) is 12.4 Å². The lowest BCUT2D eigenvalue weighted by Crippen LogP contribution is -2.12. The predicted molar refractivity (Wildman–Crippen MR) is 84.7 cm³/mol. The number of nitrogens with one attached hydrogen (secondary N) is 1. The lowest BCUT2D eigenvalue weighted by molar-refractivity contribution is 0.102. The Bertz CT molecular complexity index is 780. The number of aromatic nitrogens is 3. The molecule has 110 valence electrons. The zero-order valence-corrected chi connectivity index (χ0v) is 12.2. The molecule has 2 aromatic heterocycles. The van der Waals surface area contributed by atoms with Gasteiger partial charge in [0.15, 0.2) is 0 Å². The molecule has 5 nitrogen and oxygen atoms in total. The number of carbonyl (C=O) groups is 1. The summed E-state index contributed by atoms with van der Waals surface area (Å²) in [4.78, 5) is 16.0. The fraction of sp³-hybridized carbons (Fsp3) is 0.118. The van der Waals surface area contributed by atoms with Crippen LogP contribution in [0.3, 0.4) is 0 Å².